The van der Waals surface area contributed by atoms with Gasteiger partial charge in [-0.05, 0) is 45.7 Å². The van der Waals surface area contributed by atoms with Crippen molar-refractivity contribution in [3.8, 4) is 11.4 Å². The standard InChI is InChI=1S/C20H25FN4O5/c1-20(2,3)29-19(27)25-8-6-13(7-9-25)28-11-16-23-18(24-30-16)12-4-5-14(17(22)26)15(21)10-12/h4-5,10,13H,6-9,11H2,1-3H3,(H2,22,26). The maximum Gasteiger partial charge on any atom is 0.410 e. The lowest BCUT2D eigenvalue weighted by molar-refractivity contribution is -0.0231. The van der Waals surface area contributed by atoms with E-state index in [1.54, 1.807) is 4.90 Å². The minimum absolute atomic E-state index is 0.0497. The van der Waals surface area contributed by atoms with E-state index in [2.05, 4.69) is 10.1 Å². The van der Waals surface area contributed by atoms with Gasteiger partial charge in [0.2, 0.25) is 5.82 Å². The van der Waals surface area contributed by atoms with Crippen molar-refractivity contribution in [2.75, 3.05) is 13.1 Å². The normalized spacial score (nSPS) is 15.3. The van der Waals surface area contributed by atoms with Crippen LogP contribution in [0.1, 0.15) is 49.9 Å². The van der Waals surface area contributed by atoms with Crippen LogP contribution in [0.4, 0.5) is 9.18 Å². The molecule has 2 N–H and O–H groups in total. The summed E-state index contributed by atoms with van der Waals surface area (Å²) in [5, 5.41) is 3.82. The van der Waals surface area contributed by atoms with Gasteiger partial charge in [-0.3, -0.25) is 4.79 Å². The van der Waals surface area contributed by atoms with Gasteiger partial charge in [0.25, 0.3) is 11.8 Å². The largest absolute Gasteiger partial charge is 0.444 e. The third-order valence-electron chi connectivity index (χ3n) is 4.50. The van der Waals surface area contributed by atoms with Crippen LogP contribution in [0.25, 0.3) is 11.4 Å². The minimum Gasteiger partial charge on any atom is -0.444 e. The summed E-state index contributed by atoms with van der Waals surface area (Å²) < 4.78 is 30.3. The van der Waals surface area contributed by atoms with E-state index >= 15 is 0 Å². The van der Waals surface area contributed by atoms with Gasteiger partial charge in [0.05, 0.1) is 11.7 Å². The summed E-state index contributed by atoms with van der Waals surface area (Å²) in [6.07, 6.45) is 0.962. The maximum atomic E-state index is 13.9. The Morgan fingerprint density at radius 1 is 1.30 bits per heavy atom. The molecule has 0 atom stereocenters. The number of amides is 2. The number of halogens is 1. The molecule has 1 saturated heterocycles. The summed E-state index contributed by atoms with van der Waals surface area (Å²) in [4.78, 5) is 29.1. The number of aromatic nitrogens is 2. The van der Waals surface area contributed by atoms with Crippen LogP contribution in [-0.2, 0) is 16.1 Å². The van der Waals surface area contributed by atoms with Gasteiger partial charge in [-0.1, -0.05) is 11.2 Å². The molecule has 2 heterocycles. The van der Waals surface area contributed by atoms with Gasteiger partial charge >= 0.3 is 6.09 Å². The van der Waals surface area contributed by atoms with Crippen LogP contribution in [0, 0.1) is 5.82 Å². The van der Waals surface area contributed by atoms with Crippen molar-refractivity contribution >= 4 is 12.0 Å². The van der Waals surface area contributed by atoms with Crippen molar-refractivity contribution in [1.29, 1.82) is 0 Å². The Morgan fingerprint density at radius 2 is 2.00 bits per heavy atom. The highest BCUT2D eigenvalue weighted by atomic mass is 19.1. The molecule has 1 aliphatic heterocycles. The highest BCUT2D eigenvalue weighted by Crippen LogP contribution is 2.21. The third kappa shape index (κ3) is 5.53. The topological polar surface area (TPSA) is 121 Å². The maximum absolute atomic E-state index is 13.9. The molecule has 3 rings (SSSR count). The van der Waals surface area contributed by atoms with E-state index in [-0.39, 0.29) is 36.1 Å². The average molecular weight is 420 g/mol. The van der Waals surface area contributed by atoms with Crippen LogP contribution < -0.4 is 5.73 Å². The summed E-state index contributed by atoms with van der Waals surface area (Å²) in [6, 6.07) is 3.89. The molecule has 0 bridgehead atoms. The lowest BCUT2D eigenvalue weighted by Gasteiger charge is -2.33. The van der Waals surface area contributed by atoms with Crippen LogP contribution in [0.3, 0.4) is 0 Å². The van der Waals surface area contributed by atoms with E-state index in [0.717, 1.165) is 6.07 Å². The van der Waals surface area contributed by atoms with Gasteiger partial charge in [-0.2, -0.15) is 4.98 Å². The fourth-order valence-corrected chi connectivity index (χ4v) is 3.01. The molecule has 0 radical (unpaired) electrons. The molecule has 10 heteroatoms. The lowest BCUT2D eigenvalue weighted by Crippen LogP contribution is -2.43. The number of nitrogens with zero attached hydrogens (tertiary/aromatic N) is 3. The van der Waals surface area contributed by atoms with Gasteiger partial charge in [0.15, 0.2) is 0 Å². The van der Waals surface area contributed by atoms with E-state index in [1.165, 1.54) is 12.1 Å². The first-order valence-electron chi connectivity index (χ1n) is 9.64. The van der Waals surface area contributed by atoms with Crippen LogP contribution >= 0.6 is 0 Å². The Labute approximate surface area is 173 Å². The molecule has 1 aromatic carbocycles. The first kappa shape index (κ1) is 21.7. The fourth-order valence-electron chi connectivity index (χ4n) is 3.01. The molecule has 1 aromatic heterocycles. The molecule has 0 spiro atoms. The number of primary amides is 1. The highest BCUT2D eigenvalue weighted by Gasteiger charge is 2.27. The van der Waals surface area contributed by atoms with Crippen LogP contribution in [0.15, 0.2) is 22.7 Å². The van der Waals surface area contributed by atoms with Crippen LogP contribution in [0.2, 0.25) is 0 Å². The highest BCUT2D eigenvalue weighted by molar-refractivity contribution is 5.93. The zero-order chi connectivity index (χ0) is 21.9. The predicted molar refractivity (Wildman–Crippen MR) is 104 cm³/mol. The summed E-state index contributed by atoms with van der Waals surface area (Å²) in [5.74, 6) is -1.17. The van der Waals surface area contributed by atoms with Crippen molar-refractivity contribution in [3.05, 3.63) is 35.5 Å². The summed E-state index contributed by atoms with van der Waals surface area (Å²) in [5.41, 5.74) is 4.73. The Balaban J connectivity index is 1.50. The molecule has 1 aliphatic rings. The van der Waals surface area contributed by atoms with Crippen LogP contribution in [0.5, 0.6) is 0 Å². The van der Waals surface area contributed by atoms with Crippen molar-refractivity contribution in [1.82, 2.24) is 15.0 Å². The number of carbonyl (C=O) groups is 2. The Kier molecular flexibility index (Phi) is 6.35. The molecule has 9 nitrogen and oxygen atoms in total. The molecule has 1 fully saturated rings. The van der Waals surface area contributed by atoms with E-state index in [0.29, 0.717) is 31.5 Å². The number of nitrogens with two attached hydrogens (primary N) is 1. The SMILES string of the molecule is CC(C)(C)OC(=O)N1CCC(OCc2nc(-c3ccc(C(N)=O)c(F)c3)no2)CC1. The second kappa shape index (κ2) is 8.78. The molecular weight excluding hydrogens is 395 g/mol. The Hall–Kier alpha value is -3.01. The number of carbonyl (C=O) groups excluding carboxylic acids is 2. The van der Waals surface area contributed by atoms with Gasteiger partial charge < -0.3 is 24.6 Å². The van der Waals surface area contributed by atoms with E-state index in [4.69, 9.17) is 19.7 Å². The summed E-state index contributed by atoms with van der Waals surface area (Å²) in [6.45, 7) is 6.69. The molecule has 0 saturated carbocycles. The van der Waals surface area contributed by atoms with Crippen molar-refractivity contribution in [3.63, 3.8) is 0 Å². The number of benzene rings is 1. The zero-order valence-corrected chi connectivity index (χ0v) is 17.2. The van der Waals surface area contributed by atoms with Crippen molar-refractivity contribution < 1.29 is 28.0 Å². The molecule has 162 valence electrons. The van der Waals surface area contributed by atoms with E-state index in [9.17, 15) is 14.0 Å². The molecule has 2 aromatic rings. The number of hydrogen-bond donors (Lipinski definition) is 1. The number of likely N-dealkylation sites (tertiary alicyclic amines) is 1. The Morgan fingerprint density at radius 3 is 2.60 bits per heavy atom. The quantitative estimate of drug-likeness (QED) is 0.789. The smallest absolute Gasteiger partial charge is 0.410 e. The van der Waals surface area contributed by atoms with E-state index in [1.807, 2.05) is 20.8 Å². The second-order valence-electron chi connectivity index (χ2n) is 8.05. The second-order valence-corrected chi connectivity index (χ2v) is 8.05. The number of ether oxygens (including phenoxy) is 2. The van der Waals surface area contributed by atoms with E-state index < -0.39 is 17.3 Å². The molecule has 2 amide bonds. The monoisotopic (exact) mass is 420 g/mol. The molecular formula is C20H25FN4O5. The number of rotatable bonds is 5. The first-order chi connectivity index (χ1) is 14.1. The van der Waals surface area contributed by atoms with Gasteiger partial charge in [0.1, 0.15) is 18.0 Å². The Bertz CT molecular complexity index is 916. The van der Waals surface area contributed by atoms with Gasteiger partial charge in [-0.25, -0.2) is 9.18 Å². The number of piperidine rings is 1. The fraction of sp³-hybridized carbons (Fsp3) is 0.500. The third-order valence-corrected chi connectivity index (χ3v) is 4.50. The van der Waals surface area contributed by atoms with Crippen molar-refractivity contribution in [2.24, 2.45) is 5.73 Å². The molecule has 30 heavy (non-hydrogen) atoms. The molecule has 0 unspecified atom stereocenters. The lowest BCUT2D eigenvalue weighted by atomic mass is 10.1. The summed E-state index contributed by atoms with van der Waals surface area (Å²) >= 11 is 0. The number of hydrogen-bond acceptors (Lipinski definition) is 7. The van der Waals surface area contributed by atoms with Gasteiger partial charge in [-0.15, -0.1) is 0 Å². The van der Waals surface area contributed by atoms with Crippen LogP contribution in [-0.4, -0.2) is 51.8 Å². The molecule has 0 aliphatic carbocycles. The van der Waals surface area contributed by atoms with Crippen molar-refractivity contribution in [2.45, 2.75) is 51.9 Å². The predicted octanol–water partition coefficient (Wildman–Crippen LogP) is 2.89. The zero-order valence-electron chi connectivity index (χ0n) is 17.2. The first-order valence-corrected chi connectivity index (χ1v) is 9.64. The average Bonchev–Trinajstić information content (AvgIpc) is 3.14. The summed E-state index contributed by atoms with van der Waals surface area (Å²) in [7, 11) is 0. The van der Waals surface area contributed by atoms with Gasteiger partial charge in [0, 0.05) is 18.7 Å². The minimum atomic E-state index is -0.848.